The molecule has 1 saturated heterocycles. The minimum absolute atomic E-state index is 0.117. The van der Waals surface area contributed by atoms with Crippen molar-refractivity contribution in [3.05, 3.63) is 107 Å². The van der Waals surface area contributed by atoms with Gasteiger partial charge in [0.05, 0.1) is 11.6 Å². The Kier molecular flexibility index (Phi) is 9.16. The van der Waals surface area contributed by atoms with E-state index >= 15 is 0 Å². The molecular weight excluding hydrogens is 574 g/mol. The number of amides is 2. The van der Waals surface area contributed by atoms with E-state index in [1.807, 2.05) is 49.4 Å². The van der Waals surface area contributed by atoms with Crippen molar-refractivity contribution in [1.82, 2.24) is 35.7 Å². The first-order valence-corrected chi connectivity index (χ1v) is 15.3. The molecule has 0 aliphatic carbocycles. The van der Waals surface area contributed by atoms with Gasteiger partial charge in [-0.2, -0.15) is 5.32 Å². The van der Waals surface area contributed by atoms with E-state index in [-0.39, 0.29) is 25.2 Å². The molecule has 10 nitrogen and oxygen atoms in total. The van der Waals surface area contributed by atoms with Crippen LogP contribution < -0.4 is 5.32 Å². The molecule has 0 saturated carbocycles. The van der Waals surface area contributed by atoms with Gasteiger partial charge in [-0.3, -0.25) is 14.5 Å². The van der Waals surface area contributed by atoms with E-state index < -0.39 is 5.91 Å². The van der Waals surface area contributed by atoms with Crippen molar-refractivity contribution >= 4 is 28.2 Å². The van der Waals surface area contributed by atoms with E-state index in [9.17, 15) is 9.59 Å². The number of nitrogens with one attached hydrogen (secondary N) is 1. The van der Waals surface area contributed by atoms with Gasteiger partial charge in [-0.05, 0) is 34.0 Å². The summed E-state index contributed by atoms with van der Waals surface area (Å²) in [4.78, 5) is 31.0. The zero-order valence-corrected chi connectivity index (χ0v) is 25.1. The van der Waals surface area contributed by atoms with E-state index in [4.69, 9.17) is 4.74 Å². The lowest BCUT2D eigenvalue weighted by molar-refractivity contribution is -0.139. The van der Waals surface area contributed by atoms with Gasteiger partial charge in [-0.15, -0.1) is 16.4 Å². The summed E-state index contributed by atoms with van der Waals surface area (Å²) in [5.41, 5.74) is 5.00. The number of carbonyl (C=O) groups excluding carboxylic acids is 2. The van der Waals surface area contributed by atoms with Crippen LogP contribution in [-0.4, -0.2) is 81.6 Å². The first kappa shape index (κ1) is 29.4. The number of H-pyrrole nitrogens is 1. The number of nitrogens with zero attached hydrogens (tertiary/aromatic N) is 6. The van der Waals surface area contributed by atoms with E-state index in [0.29, 0.717) is 29.5 Å². The average Bonchev–Trinajstić information content (AvgIpc) is 3.70. The van der Waals surface area contributed by atoms with Gasteiger partial charge in [0.2, 0.25) is 5.91 Å². The number of ether oxygens (including phenoxy) is 1. The second-order valence-corrected chi connectivity index (χ2v) is 11.7. The summed E-state index contributed by atoms with van der Waals surface area (Å²) >= 11 is 1.39. The Hall–Kier alpha value is -4.71. The van der Waals surface area contributed by atoms with Crippen LogP contribution in [-0.2, 0) is 14.3 Å². The number of rotatable bonds is 10. The summed E-state index contributed by atoms with van der Waals surface area (Å²) in [6.45, 7) is 4.12. The number of benzene rings is 3. The van der Waals surface area contributed by atoms with E-state index in [1.165, 1.54) is 22.5 Å². The van der Waals surface area contributed by atoms with Crippen LogP contribution in [0.5, 0.6) is 0 Å². The van der Waals surface area contributed by atoms with Crippen molar-refractivity contribution in [3.8, 4) is 22.5 Å². The molecule has 11 heteroatoms. The van der Waals surface area contributed by atoms with Crippen molar-refractivity contribution in [2.45, 2.75) is 13.0 Å². The zero-order valence-electron chi connectivity index (χ0n) is 24.3. The van der Waals surface area contributed by atoms with Crippen LogP contribution in [0.3, 0.4) is 0 Å². The third kappa shape index (κ3) is 6.60. The molecule has 0 unspecified atom stereocenters. The number of aromatic amines is 1. The fourth-order valence-electron chi connectivity index (χ4n) is 5.62. The van der Waals surface area contributed by atoms with Crippen molar-refractivity contribution in [1.29, 1.82) is 0 Å². The first-order valence-electron chi connectivity index (χ1n) is 14.5. The molecular formula is C33H32N7O3S. The van der Waals surface area contributed by atoms with Gasteiger partial charge in [0, 0.05) is 36.6 Å². The van der Waals surface area contributed by atoms with Crippen LogP contribution in [0.15, 0.2) is 91.0 Å². The summed E-state index contributed by atoms with van der Waals surface area (Å²) in [5, 5.41) is 19.1. The Balaban J connectivity index is 1.04. The maximum atomic E-state index is 13.0. The fourth-order valence-corrected chi connectivity index (χ4v) is 6.68. The number of aromatic nitrogens is 4. The first-order chi connectivity index (χ1) is 21.6. The average molecular weight is 607 g/mol. The Labute approximate surface area is 259 Å². The van der Waals surface area contributed by atoms with E-state index in [1.54, 1.807) is 4.90 Å². The summed E-state index contributed by atoms with van der Waals surface area (Å²) < 4.78 is 5.56. The summed E-state index contributed by atoms with van der Waals surface area (Å²) in [6.07, 6.45) is 0. The molecule has 1 radical (unpaired) electrons. The molecule has 2 aromatic heterocycles. The minimum atomic E-state index is -0.481. The van der Waals surface area contributed by atoms with E-state index in [2.05, 4.69) is 79.4 Å². The summed E-state index contributed by atoms with van der Waals surface area (Å²) in [5.74, 6) is -0.192. The van der Waals surface area contributed by atoms with Gasteiger partial charge >= 0.3 is 0 Å². The van der Waals surface area contributed by atoms with Crippen molar-refractivity contribution in [2.24, 2.45) is 0 Å². The second kappa shape index (κ2) is 13.7. The maximum absolute atomic E-state index is 13.0. The molecule has 5 aromatic rings. The normalized spacial score (nSPS) is 13.7. The Morgan fingerprint density at radius 2 is 1.48 bits per heavy atom. The number of hydrogen-bond donors (Lipinski definition) is 1. The number of carbonyl (C=O) groups is 2. The standard InChI is InChI=1S/C33H32N7O3S/c1-23-29(24-11-5-2-6-12-24)30(32-35-37-38-36-32)33(44-23)34-27(41)21-43-22-28(42)39-17-19-40(20-18-39)31(25-13-7-3-8-14-25)26-15-9-4-10-16-26/h2-16,31H,17-22H2,1H3,(H,35,36,37,38). The highest BCUT2D eigenvalue weighted by atomic mass is 32.1. The number of hydrogen-bond acceptors (Lipinski definition) is 8. The smallest absolute Gasteiger partial charge is 0.273 e. The molecule has 1 aliphatic rings. The highest BCUT2D eigenvalue weighted by molar-refractivity contribution is 7.17. The monoisotopic (exact) mass is 606 g/mol. The molecule has 1 aliphatic heterocycles. The molecule has 223 valence electrons. The predicted octanol–water partition coefficient (Wildman–Crippen LogP) is 4.62. The van der Waals surface area contributed by atoms with Gasteiger partial charge in [0.1, 0.15) is 18.2 Å². The van der Waals surface area contributed by atoms with Crippen LogP contribution in [0.25, 0.3) is 22.5 Å². The largest absolute Gasteiger partial charge is 0.362 e. The number of piperazine rings is 1. The minimum Gasteiger partial charge on any atom is -0.362 e. The molecule has 6 rings (SSSR count). The molecule has 3 heterocycles. The SMILES string of the molecule is Cc1sc([N]C(=O)COCC(=O)N2CCN(C(c3ccccc3)c3ccccc3)CC2)c(-c2nnn[nH]2)c1-c1ccccc1. The lowest BCUT2D eigenvalue weighted by atomic mass is 9.96. The second-order valence-electron chi connectivity index (χ2n) is 10.5. The van der Waals surface area contributed by atoms with Gasteiger partial charge in [0.15, 0.2) is 5.82 Å². The third-order valence-electron chi connectivity index (χ3n) is 7.65. The summed E-state index contributed by atoms with van der Waals surface area (Å²) in [7, 11) is 0. The zero-order chi connectivity index (χ0) is 30.3. The van der Waals surface area contributed by atoms with Gasteiger partial charge in [-0.1, -0.05) is 91.0 Å². The van der Waals surface area contributed by atoms with Gasteiger partial charge in [0.25, 0.3) is 5.91 Å². The Morgan fingerprint density at radius 3 is 2.07 bits per heavy atom. The van der Waals surface area contributed by atoms with Crippen LogP contribution >= 0.6 is 11.3 Å². The Morgan fingerprint density at radius 1 is 0.864 bits per heavy atom. The predicted molar refractivity (Wildman–Crippen MR) is 168 cm³/mol. The van der Waals surface area contributed by atoms with Crippen molar-refractivity contribution in [2.75, 3.05) is 39.4 Å². The highest BCUT2D eigenvalue weighted by Gasteiger charge is 2.28. The topological polar surface area (TPSA) is 118 Å². The lowest BCUT2D eigenvalue weighted by Gasteiger charge is -2.39. The van der Waals surface area contributed by atoms with Crippen LogP contribution in [0.1, 0.15) is 22.0 Å². The van der Waals surface area contributed by atoms with Crippen molar-refractivity contribution in [3.63, 3.8) is 0 Å². The highest BCUT2D eigenvalue weighted by Crippen LogP contribution is 2.44. The molecule has 0 spiro atoms. The fraction of sp³-hybridized carbons (Fsp3) is 0.242. The van der Waals surface area contributed by atoms with Crippen molar-refractivity contribution < 1.29 is 14.3 Å². The number of aryl methyl sites for hydroxylation is 1. The third-order valence-corrected chi connectivity index (χ3v) is 8.65. The molecule has 1 fully saturated rings. The van der Waals surface area contributed by atoms with Gasteiger partial charge < -0.3 is 9.64 Å². The van der Waals surface area contributed by atoms with Gasteiger partial charge in [-0.25, -0.2) is 5.10 Å². The Bertz CT molecular complexity index is 1630. The van der Waals surface area contributed by atoms with Crippen LogP contribution in [0, 0.1) is 6.92 Å². The number of tetrazole rings is 1. The molecule has 2 amide bonds. The molecule has 44 heavy (non-hydrogen) atoms. The molecule has 0 atom stereocenters. The molecule has 1 N–H and O–H groups in total. The number of thiophene rings is 1. The van der Waals surface area contributed by atoms with E-state index in [0.717, 1.165) is 29.1 Å². The van der Waals surface area contributed by atoms with Crippen LogP contribution in [0.4, 0.5) is 5.00 Å². The quantitative estimate of drug-likeness (QED) is 0.247. The molecule has 3 aromatic carbocycles. The summed E-state index contributed by atoms with van der Waals surface area (Å²) in [6, 6.07) is 30.8. The lowest BCUT2D eigenvalue weighted by Crippen LogP contribution is -2.50. The van der Waals surface area contributed by atoms with Crippen LogP contribution in [0.2, 0.25) is 0 Å². The maximum Gasteiger partial charge on any atom is 0.273 e. The molecule has 0 bridgehead atoms.